The first-order valence-electron chi connectivity index (χ1n) is 6.36. The molecule has 0 aromatic carbocycles. The molecule has 0 bridgehead atoms. The second-order valence-electron chi connectivity index (χ2n) is 4.47. The Labute approximate surface area is 120 Å². The molecule has 0 amide bonds. The van der Waals surface area contributed by atoms with Gasteiger partial charge in [0.2, 0.25) is 5.13 Å². The lowest BCUT2D eigenvalue weighted by atomic mass is 10.00. The summed E-state index contributed by atoms with van der Waals surface area (Å²) in [6.45, 7) is 3.86. The van der Waals surface area contributed by atoms with Crippen LogP contribution in [0.25, 0.3) is 10.7 Å². The molecule has 106 valence electrons. The number of hydrogen-bond acceptors (Lipinski definition) is 6. The second-order valence-corrected chi connectivity index (χ2v) is 5.45. The molecule has 0 saturated carbocycles. The van der Waals surface area contributed by atoms with Crippen molar-refractivity contribution in [2.45, 2.75) is 26.3 Å². The van der Waals surface area contributed by atoms with E-state index in [0.29, 0.717) is 10.1 Å². The van der Waals surface area contributed by atoms with Crippen LogP contribution in [0.3, 0.4) is 0 Å². The molecule has 20 heavy (non-hydrogen) atoms. The van der Waals surface area contributed by atoms with Crippen molar-refractivity contribution >= 4 is 22.4 Å². The minimum Gasteiger partial charge on any atom is -0.480 e. The highest BCUT2D eigenvalue weighted by Crippen LogP contribution is 2.26. The van der Waals surface area contributed by atoms with Crippen LogP contribution in [0.4, 0.5) is 5.13 Å². The Balaban J connectivity index is 2.15. The molecule has 2 aromatic heterocycles. The van der Waals surface area contributed by atoms with Gasteiger partial charge in [-0.25, -0.2) is 4.79 Å². The Morgan fingerprint density at radius 2 is 2.25 bits per heavy atom. The van der Waals surface area contributed by atoms with Gasteiger partial charge in [-0.3, -0.25) is 4.98 Å². The van der Waals surface area contributed by atoms with Crippen LogP contribution in [-0.2, 0) is 4.79 Å². The summed E-state index contributed by atoms with van der Waals surface area (Å²) >= 11 is 1.30. The molecule has 2 atom stereocenters. The fourth-order valence-electron chi connectivity index (χ4n) is 1.69. The minimum atomic E-state index is -0.881. The molecular weight excluding hydrogens is 276 g/mol. The molecular formula is C13H16N4O2S. The summed E-state index contributed by atoms with van der Waals surface area (Å²) in [5.41, 5.74) is 0.730. The number of hydrogen-bond donors (Lipinski definition) is 2. The molecule has 2 rings (SSSR count). The van der Waals surface area contributed by atoms with Crippen LogP contribution in [-0.4, -0.2) is 32.3 Å². The van der Waals surface area contributed by atoms with Gasteiger partial charge >= 0.3 is 5.97 Å². The normalized spacial score (nSPS) is 13.7. The Morgan fingerprint density at radius 3 is 2.85 bits per heavy atom. The summed E-state index contributed by atoms with van der Waals surface area (Å²) < 4.78 is 0. The van der Waals surface area contributed by atoms with Gasteiger partial charge in [-0.15, -0.1) is 10.2 Å². The van der Waals surface area contributed by atoms with E-state index in [-0.39, 0.29) is 5.92 Å². The van der Waals surface area contributed by atoms with E-state index in [1.54, 1.807) is 6.20 Å². The average Bonchev–Trinajstić information content (AvgIpc) is 2.93. The number of aromatic nitrogens is 3. The Morgan fingerprint density at radius 1 is 1.45 bits per heavy atom. The van der Waals surface area contributed by atoms with Crippen molar-refractivity contribution in [2.24, 2.45) is 5.92 Å². The quantitative estimate of drug-likeness (QED) is 0.850. The third-order valence-corrected chi connectivity index (χ3v) is 3.94. The molecule has 2 N–H and O–H groups in total. The lowest BCUT2D eigenvalue weighted by Crippen LogP contribution is -2.35. The van der Waals surface area contributed by atoms with E-state index in [0.717, 1.165) is 12.1 Å². The van der Waals surface area contributed by atoms with Crippen molar-refractivity contribution < 1.29 is 9.90 Å². The van der Waals surface area contributed by atoms with Crippen molar-refractivity contribution in [2.75, 3.05) is 5.32 Å². The molecule has 0 spiro atoms. The van der Waals surface area contributed by atoms with Crippen LogP contribution in [0.5, 0.6) is 0 Å². The zero-order chi connectivity index (χ0) is 14.5. The van der Waals surface area contributed by atoms with Gasteiger partial charge in [-0.1, -0.05) is 37.7 Å². The number of nitrogens with one attached hydrogen (secondary N) is 1. The average molecular weight is 292 g/mol. The molecule has 0 fully saturated rings. The van der Waals surface area contributed by atoms with Gasteiger partial charge in [0.1, 0.15) is 11.7 Å². The van der Waals surface area contributed by atoms with Crippen molar-refractivity contribution in [1.82, 2.24) is 15.2 Å². The van der Waals surface area contributed by atoms with E-state index in [2.05, 4.69) is 20.5 Å². The topological polar surface area (TPSA) is 88.0 Å². The first kappa shape index (κ1) is 14.4. The lowest BCUT2D eigenvalue weighted by Gasteiger charge is -2.18. The van der Waals surface area contributed by atoms with E-state index < -0.39 is 12.0 Å². The molecule has 0 aliphatic carbocycles. The summed E-state index contributed by atoms with van der Waals surface area (Å²) in [4.78, 5) is 15.5. The molecule has 6 nitrogen and oxygen atoms in total. The Kier molecular flexibility index (Phi) is 4.62. The standard InChI is InChI=1S/C13H16N4O2S/c1-3-8(2)10(12(18)19)15-13-17-16-11(20-13)9-6-4-5-7-14-9/h4-8,10H,3H2,1-2H3,(H,15,17)(H,18,19)/t8-,10-/m0/s1. The Bertz CT molecular complexity index is 573. The molecule has 0 saturated heterocycles. The maximum Gasteiger partial charge on any atom is 0.326 e. The first-order valence-corrected chi connectivity index (χ1v) is 7.17. The van der Waals surface area contributed by atoms with Gasteiger partial charge < -0.3 is 10.4 Å². The smallest absolute Gasteiger partial charge is 0.326 e. The highest BCUT2D eigenvalue weighted by molar-refractivity contribution is 7.18. The molecule has 0 radical (unpaired) electrons. The van der Waals surface area contributed by atoms with E-state index in [9.17, 15) is 9.90 Å². The van der Waals surface area contributed by atoms with Gasteiger partial charge in [-0.05, 0) is 18.1 Å². The predicted octanol–water partition coefficient (Wildman–Crippen LogP) is 2.51. The third-order valence-electron chi connectivity index (χ3n) is 3.07. The summed E-state index contributed by atoms with van der Waals surface area (Å²) in [5, 5.41) is 21.4. The van der Waals surface area contributed by atoms with Crippen LogP contribution in [0, 0.1) is 5.92 Å². The maximum atomic E-state index is 11.3. The number of carboxylic acid groups (broad SMARTS) is 1. The predicted molar refractivity (Wildman–Crippen MR) is 77.6 cm³/mol. The van der Waals surface area contributed by atoms with E-state index in [4.69, 9.17) is 0 Å². The van der Waals surface area contributed by atoms with Gasteiger partial charge in [-0.2, -0.15) is 0 Å². The van der Waals surface area contributed by atoms with Crippen molar-refractivity contribution in [3.63, 3.8) is 0 Å². The summed E-state index contributed by atoms with van der Waals surface area (Å²) in [6, 6.07) is 4.88. The summed E-state index contributed by atoms with van der Waals surface area (Å²) in [5.74, 6) is -0.872. The van der Waals surface area contributed by atoms with Crippen LogP contribution in [0.1, 0.15) is 20.3 Å². The number of carbonyl (C=O) groups is 1. The SMILES string of the molecule is CC[C@H](C)[C@H](Nc1nnc(-c2ccccn2)s1)C(=O)O. The van der Waals surface area contributed by atoms with Gasteiger partial charge in [0.25, 0.3) is 0 Å². The number of pyridine rings is 1. The highest BCUT2D eigenvalue weighted by atomic mass is 32.1. The highest BCUT2D eigenvalue weighted by Gasteiger charge is 2.24. The number of nitrogens with zero attached hydrogens (tertiary/aromatic N) is 3. The van der Waals surface area contributed by atoms with Crippen LogP contribution in [0.2, 0.25) is 0 Å². The van der Waals surface area contributed by atoms with Gasteiger partial charge in [0.15, 0.2) is 5.01 Å². The number of rotatable bonds is 6. The minimum absolute atomic E-state index is 0.00898. The van der Waals surface area contributed by atoms with E-state index >= 15 is 0 Å². The number of carboxylic acids is 1. The van der Waals surface area contributed by atoms with Gasteiger partial charge in [0, 0.05) is 6.20 Å². The number of aliphatic carboxylic acids is 1. The van der Waals surface area contributed by atoms with Crippen LogP contribution < -0.4 is 5.32 Å². The molecule has 2 heterocycles. The number of anilines is 1. The fourth-order valence-corrected chi connectivity index (χ4v) is 2.45. The Hall–Kier alpha value is -2.02. The third kappa shape index (κ3) is 3.30. The summed E-state index contributed by atoms with van der Waals surface area (Å²) in [6.07, 6.45) is 2.46. The van der Waals surface area contributed by atoms with Crippen LogP contribution in [0.15, 0.2) is 24.4 Å². The van der Waals surface area contributed by atoms with E-state index in [1.165, 1.54) is 11.3 Å². The lowest BCUT2D eigenvalue weighted by molar-refractivity contribution is -0.139. The molecule has 0 aliphatic heterocycles. The first-order chi connectivity index (χ1) is 9.61. The molecule has 2 aromatic rings. The maximum absolute atomic E-state index is 11.3. The zero-order valence-electron chi connectivity index (χ0n) is 11.3. The summed E-state index contributed by atoms with van der Waals surface area (Å²) in [7, 11) is 0. The largest absolute Gasteiger partial charge is 0.480 e. The molecule has 0 aliphatic rings. The molecule has 7 heteroatoms. The fraction of sp³-hybridized carbons (Fsp3) is 0.385. The second kappa shape index (κ2) is 6.42. The van der Waals surface area contributed by atoms with Crippen molar-refractivity contribution in [3.8, 4) is 10.7 Å². The zero-order valence-corrected chi connectivity index (χ0v) is 12.1. The van der Waals surface area contributed by atoms with E-state index in [1.807, 2.05) is 32.0 Å². The van der Waals surface area contributed by atoms with Crippen LogP contribution >= 0.6 is 11.3 Å². The van der Waals surface area contributed by atoms with Crippen molar-refractivity contribution in [3.05, 3.63) is 24.4 Å². The van der Waals surface area contributed by atoms with Crippen molar-refractivity contribution in [1.29, 1.82) is 0 Å². The monoisotopic (exact) mass is 292 g/mol. The molecule has 0 unspecified atom stereocenters. The van der Waals surface area contributed by atoms with Gasteiger partial charge in [0.05, 0.1) is 0 Å².